The van der Waals surface area contributed by atoms with Crippen LogP contribution in [-0.2, 0) is 20.9 Å². The fraction of sp³-hybridized carbons (Fsp3) is 0.235. The van der Waals surface area contributed by atoms with Crippen LogP contribution in [0.25, 0.3) is 5.76 Å². The number of anilines is 1. The van der Waals surface area contributed by atoms with Gasteiger partial charge >= 0.3 is 11.9 Å². The zero-order valence-electron chi connectivity index (χ0n) is 25.5. The summed E-state index contributed by atoms with van der Waals surface area (Å²) in [5, 5.41) is 11.8. The van der Waals surface area contributed by atoms with Crippen LogP contribution in [0, 0.1) is 13.8 Å². The van der Waals surface area contributed by atoms with E-state index in [1.165, 1.54) is 19.1 Å². The molecule has 0 unspecified atom stereocenters. The highest BCUT2D eigenvalue weighted by molar-refractivity contribution is 7.17. The Morgan fingerprint density at radius 3 is 2.38 bits per heavy atom. The summed E-state index contributed by atoms with van der Waals surface area (Å²) in [6, 6.07) is 18.7. The number of aliphatic hydroxyl groups excluding tert-OH is 1. The van der Waals surface area contributed by atoms with E-state index in [-0.39, 0.29) is 27.9 Å². The van der Waals surface area contributed by atoms with E-state index < -0.39 is 23.7 Å². The average molecular weight is 629 g/mol. The van der Waals surface area contributed by atoms with Crippen molar-refractivity contribution < 1.29 is 38.4 Å². The maximum atomic E-state index is 13.7. The molecule has 11 heteroatoms. The van der Waals surface area contributed by atoms with Crippen LogP contribution in [0.3, 0.4) is 0 Å². The van der Waals surface area contributed by atoms with Crippen molar-refractivity contribution in [1.29, 1.82) is 0 Å². The predicted molar refractivity (Wildman–Crippen MR) is 169 cm³/mol. The first-order valence-corrected chi connectivity index (χ1v) is 14.9. The molecular weight excluding hydrogens is 596 g/mol. The number of thiazole rings is 1. The number of hydrogen-bond acceptors (Lipinski definition) is 10. The van der Waals surface area contributed by atoms with Gasteiger partial charge in [-0.3, -0.25) is 14.5 Å². The topological polar surface area (TPSA) is 124 Å². The molecule has 0 saturated carbocycles. The Labute approximate surface area is 264 Å². The quantitative estimate of drug-likeness (QED) is 0.0952. The molecule has 1 aliphatic rings. The lowest BCUT2D eigenvalue weighted by Gasteiger charge is -2.24. The molecule has 1 N–H and O–H groups in total. The van der Waals surface area contributed by atoms with Crippen molar-refractivity contribution in [2.75, 3.05) is 25.7 Å². The molecule has 1 amide bonds. The van der Waals surface area contributed by atoms with Gasteiger partial charge in [0.15, 0.2) is 16.6 Å². The van der Waals surface area contributed by atoms with Gasteiger partial charge in [0.2, 0.25) is 0 Å². The molecule has 1 aromatic heterocycles. The molecule has 0 radical (unpaired) electrons. The number of nitrogens with zero attached hydrogens (tertiary/aromatic N) is 2. The second-order valence-electron chi connectivity index (χ2n) is 10.2. The number of amides is 1. The number of aromatic nitrogens is 1. The van der Waals surface area contributed by atoms with Crippen LogP contribution < -0.4 is 19.1 Å². The molecule has 3 aromatic carbocycles. The molecule has 0 spiro atoms. The van der Waals surface area contributed by atoms with Gasteiger partial charge in [-0.2, -0.15) is 0 Å². The Hall–Kier alpha value is -5.16. The van der Waals surface area contributed by atoms with Crippen LogP contribution in [0.15, 0.2) is 72.3 Å². The molecule has 1 saturated heterocycles. The van der Waals surface area contributed by atoms with Gasteiger partial charge in [0.1, 0.15) is 23.0 Å². The number of hydrogen-bond donors (Lipinski definition) is 1. The molecular formula is C34H32N2O8S. The first-order valence-electron chi connectivity index (χ1n) is 14.1. The predicted octanol–water partition coefficient (Wildman–Crippen LogP) is 6.16. The third-order valence-electron chi connectivity index (χ3n) is 7.32. The van der Waals surface area contributed by atoms with E-state index in [2.05, 4.69) is 4.98 Å². The standard InChI is InChI=1S/C34H32N2O8S/c1-6-43-33(40)31-20(3)35-34(45-31)36-28(22-12-15-25(41-4)26(17-22)42-5)27(30(38)32(36)39)29(37)24-14-13-23(16-19(24)2)44-18-21-10-8-7-9-11-21/h7-17,28,37H,6,18H2,1-5H3/t28-/m1/s1. The summed E-state index contributed by atoms with van der Waals surface area (Å²) in [6.07, 6.45) is 0. The number of aliphatic hydroxyl groups is 1. The average Bonchev–Trinajstić information content (AvgIpc) is 3.55. The molecule has 45 heavy (non-hydrogen) atoms. The lowest BCUT2D eigenvalue weighted by Crippen LogP contribution is -2.29. The van der Waals surface area contributed by atoms with Crippen molar-refractivity contribution in [1.82, 2.24) is 4.98 Å². The van der Waals surface area contributed by atoms with Crippen LogP contribution in [0.2, 0.25) is 0 Å². The first kappa shape index (κ1) is 31.3. The Bertz CT molecular complexity index is 1800. The molecule has 0 bridgehead atoms. The Morgan fingerprint density at radius 1 is 0.978 bits per heavy atom. The zero-order valence-corrected chi connectivity index (χ0v) is 26.3. The van der Waals surface area contributed by atoms with Gasteiger partial charge in [-0.25, -0.2) is 9.78 Å². The SMILES string of the molecule is CCOC(=O)c1sc(N2C(=O)C(=O)C(=C(O)c3ccc(OCc4ccccc4)cc3C)[C@H]2c2ccc(OC)c(OC)c2)nc1C. The molecule has 5 rings (SSSR count). The van der Waals surface area contributed by atoms with Crippen molar-refractivity contribution >= 4 is 39.9 Å². The molecule has 0 aliphatic carbocycles. The van der Waals surface area contributed by atoms with Gasteiger partial charge in [0.05, 0.1) is 38.1 Å². The first-order chi connectivity index (χ1) is 21.7. The van der Waals surface area contributed by atoms with Gasteiger partial charge in [-0.05, 0) is 67.8 Å². The largest absolute Gasteiger partial charge is 0.507 e. The lowest BCUT2D eigenvalue weighted by molar-refractivity contribution is -0.132. The summed E-state index contributed by atoms with van der Waals surface area (Å²) in [6.45, 7) is 5.61. The van der Waals surface area contributed by atoms with Crippen molar-refractivity contribution in [3.8, 4) is 17.2 Å². The van der Waals surface area contributed by atoms with E-state index in [9.17, 15) is 19.5 Å². The monoisotopic (exact) mass is 628 g/mol. The number of Topliss-reactive ketones (excluding diaryl/α,β-unsaturated/α-hetero) is 1. The smallest absolute Gasteiger partial charge is 0.350 e. The van der Waals surface area contributed by atoms with E-state index in [1.54, 1.807) is 57.2 Å². The molecule has 1 aliphatic heterocycles. The van der Waals surface area contributed by atoms with Crippen LogP contribution in [-0.4, -0.2) is 48.6 Å². The summed E-state index contributed by atoms with van der Waals surface area (Å²) in [4.78, 5) is 45.9. The minimum Gasteiger partial charge on any atom is -0.507 e. The van der Waals surface area contributed by atoms with E-state index in [0.29, 0.717) is 46.2 Å². The van der Waals surface area contributed by atoms with E-state index in [4.69, 9.17) is 18.9 Å². The van der Waals surface area contributed by atoms with Gasteiger partial charge in [0, 0.05) is 5.56 Å². The minimum atomic E-state index is -1.10. The van der Waals surface area contributed by atoms with Crippen LogP contribution in [0.4, 0.5) is 5.13 Å². The highest BCUT2D eigenvalue weighted by Crippen LogP contribution is 2.46. The summed E-state index contributed by atoms with van der Waals surface area (Å²) in [5.74, 6) is -1.36. The maximum Gasteiger partial charge on any atom is 0.350 e. The van der Waals surface area contributed by atoms with Crippen molar-refractivity contribution in [3.63, 3.8) is 0 Å². The zero-order chi connectivity index (χ0) is 32.2. The molecule has 1 fully saturated rings. The highest BCUT2D eigenvalue weighted by atomic mass is 32.1. The minimum absolute atomic E-state index is 0.109. The number of carbonyl (C=O) groups is 3. The summed E-state index contributed by atoms with van der Waals surface area (Å²) in [5.41, 5.74) is 2.65. The molecule has 10 nitrogen and oxygen atoms in total. The summed E-state index contributed by atoms with van der Waals surface area (Å²) >= 11 is 0.935. The van der Waals surface area contributed by atoms with Crippen molar-refractivity contribution in [2.45, 2.75) is 33.4 Å². The number of benzene rings is 3. The molecule has 4 aromatic rings. The van der Waals surface area contributed by atoms with E-state index in [1.807, 2.05) is 30.3 Å². The van der Waals surface area contributed by atoms with Gasteiger partial charge < -0.3 is 24.1 Å². The third kappa shape index (κ3) is 6.12. The number of methoxy groups -OCH3 is 2. The molecule has 1 atom stereocenters. The van der Waals surface area contributed by atoms with Gasteiger partial charge in [-0.1, -0.05) is 47.7 Å². The van der Waals surface area contributed by atoms with E-state index in [0.717, 1.165) is 16.9 Å². The van der Waals surface area contributed by atoms with Crippen LogP contribution in [0.5, 0.6) is 17.2 Å². The normalized spacial score (nSPS) is 15.7. The lowest BCUT2D eigenvalue weighted by atomic mass is 9.93. The fourth-order valence-electron chi connectivity index (χ4n) is 5.12. The number of ketones is 1. The second-order valence-corrected chi connectivity index (χ2v) is 11.1. The Balaban J connectivity index is 1.61. The van der Waals surface area contributed by atoms with Crippen molar-refractivity contribution in [2.24, 2.45) is 0 Å². The number of ether oxygens (including phenoxy) is 4. The van der Waals surface area contributed by atoms with Crippen LogP contribution in [0.1, 0.15) is 50.6 Å². The Kier molecular flexibility index (Phi) is 9.19. The van der Waals surface area contributed by atoms with Gasteiger partial charge in [-0.15, -0.1) is 0 Å². The highest BCUT2D eigenvalue weighted by Gasteiger charge is 2.48. The Morgan fingerprint density at radius 2 is 1.71 bits per heavy atom. The maximum absolute atomic E-state index is 13.7. The molecule has 232 valence electrons. The number of rotatable bonds is 10. The number of esters is 1. The number of aryl methyl sites for hydroxylation is 2. The van der Waals surface area contributed by atoms with Crippen LogP contribution >= 0.6 is 11.3 Å². The summed E-state index contributed by atoms with van der Waals surface area (Å²) in [7, 11) is 2.97. The third-order valence-corrected chi connectivity index (χ3v) is 8.46. The summed E-state index contributed by atoms with van der Waals surface area (Å²) < 4.78 is 22.0. The number of carbonyl (C=O) groups excluding carboxylic acids is 3. The fourth-order valence-corrected chi connectivity index (χ4v) is 6.10. The van der Waals surface area contributed by atoms with E-state index >= 15 is 0 Å². The van der Waals surface area contributed by atoms with Gasteiger partial charge in [0.25, 0.3) is 5.78 Å². The second kappa shape index (κ2) is 13.2. The molecule has 2 heterocycles. The van der Waals surface area contributed by atoms with Crippen molar-refractivity contribution in [3.05, 3.63) is 105 Å².